The number of carboxylic acids is 1. The molecule has 0 rings (SSSR count). The first kappa shape index (κ1) is 49.1. The van der Waals surface area contributed by atoms with Crippen molar-refractivity contribution < 1.29 is 38.2 Å². The molecule has 0 aromatic carbocycles. The van der Waals surface area contributed by atoms with Gasteiger partial charge in [0.25, 0.3) is 0 Å². The highest BCUT2D eigenvalue weighted by molar-refractivity contribution is 5.70. The lowest BCUT2D eigenvalue weighted by Crippen LogP contribution is -2.55. The van der Waals surface area contributed by atoms with Gasteiger partial charge in [0.1, 0.15) is 12.6 Å². The summed E-state index contributed by atoms with van der Waals surface area (Å²) >= 11 is 0. The molecular formula is C43H81NO7. The van der Waals surface area contributed by atoms with Crippen LogP contribution in [0.4, 0.5) is 0 Å². The molecule has 0 aliphatic heterocycles. The third kappa shape index (κ3) is 33.6. The number of aliphatic carboxylic acids is 1. The van der Waals surface area contributed by atoms with E-state index < -0.39 is 18.1 Å². The molecule has 51 heavy (non-hydrogen) atoms. The maximum absolute atomic E-state index is 12.6. The van der Waals surface area contributed by atoms with Crippen LogP contribution in [-0.4, -0.2) is 75.5 Å². The zero-order valence-electron chi connectivity index (χ0n) is 34.0. The van der Waals surface area contributed by atoms with Gasteiger partial charge in [0, 0.05) is 19.3 Å². The quantitative estimate of drug-likeness (QED) is 0.0271. The topological polar surface area (TPSA) is 102 Å². The molecule has 0 aliphatic rings. The maximum Gasteiger partial charge on any atom is 0.306 e. The van der Waals surface area contributed by atoms with Crippen LogP contribution in [0.3, 0.4) is 0 Å². The first-order valence-corrected chi connectivity index (χ1v) is 21.2. The molecular weight excluding hydrogens is 642 g/mol. The number of ether oxygens (including phenoxy) is 3. The van der Waals surface area contributed by atoms with Crippen molar-refractivity contribution in [3.8, 4) is 0 Å². The Morgan fingerprint density at radius 2 is 0.980 bits per heavy atom. The normalized spacial score (nSPS) is 13.0. The van der Waals surface area contributed by atoms with Gasteiger partial charge in [0.15, 0.2) is 6.10 Å². The molecule has 0 bridgehead atoms. The van der Waals surface area contributed by atoms with E-state index in [1.807, 2.05) is 0 Å². The smallest absolute Gasteiger partial charge is 0.306 e. The zero-order valence-corrected chi connectivity index (χ0v) is 34.0. The van der Waals surface area contributed by atoms with Crippen LogP contribution in [0.25, 0.3) is 0 Å². The fraction of sp³-hybridized carbons (Fsp3) is 0.884. The highest BCUT2D eigenvalue weighted by Crippen LogP contribution is 2.15. The minimum Gasteiger partial charge on any atom is -0.544 e. The Morgan fingerprint density at radius 3 is 1.43 bits per heavy atom. The molecule has 0 fully saturated rings. The first-order valence-electron chi connectivity index (χ1n) is 21.2. The molecule has 8 heteroatoms. The van der Waals surface area contributed by atoms with Crippen LogP contribution in [0.2, 0.25) is 0 Å². The van der Waals surface area contributed by atoms with E-state index in [9.17, 15) is 19.5 Å². The van der Waals surface area contributed by atoms with Crippen molar-refractivity contribution in [3.63, 3.8) is 0 Å². The highest BCUT2D eigenvalue weighted by atomic mass is 16.6. The lowest BCUT2D eigenvalue weighted by Gasteiger charge is -2.34. The molecule has 0 aromatic heterocycles. The summed E-state index contributed by atoms with van der Waals surface area (Å²) in [6.07, 6.45) is 35.8. The molecule has 0 heterocycles. The molecule has 0 spiro atoms. The molecule has 0 amide bonds. The van der Waals surface area contributed by atoms with E-state index in [1.54, 1.807) is 21.1 Å². The molecule has 8 nitrogen and oxygen atoms in total. The van der Waals surface area contributed by atoms with Gasteiger partial charge in [0.2, 0.25) is 0 Å². The summed E-state index contributed by atoms with van der Waals surface area (Å²) in [5.41, 5.74) is 0. The van der Waals surface area contributed by atoms with Crippen LogP contribution in [0, 0.1) is 0 Å². The van der Waals surface area contributed by atoms with Gasteiger partial charge in [-0.15, -0.1) is 0 Å². The van der Waals surface area contributed by atoms with Crippen LogP contribution in [0.5, 0.6) is 0 Å². The number of carbonyl (C=O) groups excluding carboxylic acids is 3. The second-order valence-corrected chi connectivity index (χ2v) is 15.6. The van der Waals surface area contributed by atoms with Gasteiger partial charge in [-0.2, -0.15) is 0 Å². The average molecular weight is 724 g/mol. The number of nitrogens with zero attached hydrogens (tertiary/aromatic N) is 1. The molecule has 2 atom stereocenters. The molecule has 0 N–H and O–H groups in total. The van der Waals surface area contributed by atoms with Crippen LogP contribution in [-0.2, 0) is 28.6 Å². The fourth-order valence-corrected chi connectivity index (χ4v) is 6.30. The van der Waals surface area contributed by atoms with E-state index in [2.05, 4.69) is 26.0 Å². The van der Waals surface area contributed by atoms with Crippen LogP contribution >= 0.6 is 0 Å². The second-order valence-electron chi connectivity index (χ2n) is 15.6. The van der Waals surface area contributed by atoms with E-state index >= 15 is 0 Å². The monoisotopic (exact) mass is 724 g/mol. The van der Waals surface area contributed by atoms with Crippen LogP contribution in [0.15, 0.2) is 12.2 Å². The number of esters is 2. The summed E-state index contributed by atoms with van der Waals surface area (Å²) in [5, 5.41) is 11.5. The third-order valence-electron chi connectivity index (χ3n) is 9.65. The van der Waals surface area contributed by atoms with Gasteiger partial charge in [-0.05, 0) is 38.5 Å². The predicted octanol–water partition coefficient (Wildman–Crippen LogP) is 9.80. The number of carboxylic acid groups (broad SMARTS) is 1. The Kier molecular flexibility index (Phi) is 33.8. The summed E-state index contributed by atoms with van der Waals surface area (Å²) in [6, 6.07) is -0.719. The lowest BCUT2D eigenvalue weighted by atomic mass is 10.0. The van der Waals surface area contributed by atoms with E-state index in [1.165, 1.54) is 116 Å². The van der Waals surface area contributed by atoms with Gasteiger partial charge in [-0.3, -0.25) is 9.59 Å². The number of quaternary nitrogens is 1. The summed E-state index contributed by atoms with van der Waals surface area (Å²) < 4.78 is 17.0. The number of rotatable bonds is 38. The predicted molar refractivity (Wildman–Crippen MR) is 208 cm³/mol. The van der Waals surface area contributed by atoms with Gasteiger partial charge in [0.05, 0.1) is 40.3 Å². The maximum atomic E-state index is 12.6. The zero-order chi connectivity index (χ0) is 37.8. The number of hydrogen-bond acceptors (Lipinski definition) is 7. The number of allylic oxidation sites excluding steroid dienone is 2. The molecule has 0 saturated carbocycles. The standard InChI is InChI=1S/C43H81NO7/c1-6-8-10-12-13-14-15-16-17-18-19-20-21-22-23-24-25-26-27-28-29-30-32-34-42(46)51-39(38-50-41(45)33-31-11-9-7-2)37-49-36-35-40(43(47)48)44(3,4)5/h18-19,39-40H,6-17,20-38H2,1-5H3/b19-18-. The van der Waals surface area contributed by atoms with Crippen molar-refractivity contribution in [3.05, 3.63) is 12.2 Å². The van der Waals surface area contributed by atoms with Crippen molar-refractivity contribution in [1.29, 1.82) is 0 Å². The fourth-order valence-electron chi connectivity index (χ4n) is 6.30. The van der Waals surface area contributed by atoms with Gasteiger partial charge in [-0.25, -0.2) is 0 Å². The molecule has 0 saturated heterocycles. The van der Waals surface area contributed by atoms with Crippen molar-refractivity contribution in [2.24, 2.45) is 0 Å². The molecule has 300 valence electrons. The van der Waals surface area contributed by atoms with E-state index in [0.29, 0.717) is 12.8 Å². The molecule has 0 radical (unpaired) electrons. The summed E-state index contributed by atoms with van der Waals surface area (Å²) in [7, 11) is 5.39. The Labute approximate surface area is 314 Å². The van der Waals surface area contributed by atoms with E-state index in [4.69, 9.17) is 14.2 Å². The number of unbranched alkanes of at least 4 members (excludes halogenated alkanes) is 22. The van der Waals surface area contributed by atoms with Gasteiger partial charge >= 0.3 is 11.9 Å². The number of likely N-dealkylation sites (N-methyl/N-ethyl adjacent to an activating group) is 1. The van der Waals surface area contributed by atoms with Crippen molar-refractivity contribution in [1.82, 2.24) is 0 Å². The van der Waals surface area contributed by atoms with Crippen molar-refractivity contribution in [2.75, 3.05) is 41.0 Å². The van der Waals surface area contributed by atoms with Crippen molar-refractivity contribution in [2.45, 2.75) is 206 Å². The molecule has 2 unspecified atom stereocenters. The van der Waals surface area contributed by atoms with Crippen LogP contribution < -0.4 is 5.11 Å². The molecule has 0 aromatic rings. The Bertz CT molecular complexity index is 854. The Morgan fingerprint density at radius 1 is 0.569 bits per heavy atom. The Balaban J connectivity index is 4.02. The second kappa shape index (κ2) is 35.1. The minimum atomic E-state index is -1.13. The molecule has 0 aliphatic carbocycles. The number of hydrogen-bond donors (Lipinski definition) is 0. The summed E-state index contributed by atoms with van der Waals surface area (Å²) in [4.78, 5) is 36.4. The summed E-state index contributed by atoms with van der Waals surface area (Å²) in [5.74, 6) is -1.75. The first-order chi connectivity index (χ1) is 24.6. The Hall–Kier alpha value is -1.93. The third-order valence-corrected chi connectivity index (χ3v) is 9.65. The summed E-state index contributed by atoms with van der Waals surface area (Å²) in [6.45, 7) is 4.55. The average Bonchev–Trinajstić information content (AvgIpc) is 3.08. The van der Waals surface area contributed by atoms with Gasteiger partial charge in [-0.1, -0.05) is 148 Å². The van der Waals surface area contributed by atoms with Crippen molar-refractivity contribution >= 4 is 17.9 Å². The van der Waals surface area contributed by atoms with Gasteiger partial charge < -0.3 is 28.6 Å². The van der Waals surface area contributed by atoms with E-state index in [0.717, 1.165) is 44.9 Å². The lowest BCUT2D eigenvalue weighted by molar-refractivity contribution is -0.889. The largest absolute Gasteiger partial charge is 0.544 e. The SMILES string of the molecule is CCCCCCCCCC/C=C\CCCCCCCCCCCCCC(=O)OC(COCCC(C(=O)[O-])[N+](C)(C)C)COC(=O)CCCCCC. The number of carbonyl (C=O) groups is 3. The minimum absolute atomic E-state index is 0.0439. The van der Waals surface area contributed by atoms with E-state index in [-0.39, 0.29) is 42.7 Å². The van der Waals surface area contributed by atoms with Crippen LogP contribution in [0.1, 0.15) is 194 Å². The highest BCUT2D eigenvalue weighted by Gasteiger charge is 2.25.